The predicted molar refractivity (Wildman–Crippen MR) is 62.4 cm³/mol. The Hall–Kier alpha value is -0.570. The van der Waals surface area contributed by atoms with Crippen LogP contribution in [-0.4, -0.2) is 19.0 Å². The first-order chi connectivity index (χ1) is 7.24. The smallest absolute Gasteiger partial charge is 0.221 e. The van der Waals surface area contributed by atoms with Crippen LogP contribution in [0.15, 0.2) is 0 Å². The minimum absolute atomic E-state index is 0.0981. The molecule has 1 aliphatic carbocycles. The van der Waals surface area contributed by atoms with E-state index in [1.807, 2.05) is 0 Å². The van der Waals surface area contributed by atoms with Crippen LogP contribution in [0.1, 0.15) is 45.4 Å². The second-order valence-electron chi connectivity index (χ2n) is 4.70. The molecule has 0 spiro atoms. The lowest BCUT2D eigenvalue weighted by molar-refractivity contribution is -0.120. The van der Waals surface area contributed by atoms with Gasteiger partial charge < -0.3 is 11.1 Å². The van der Waals surface area contributed by atoms with Crippen LogP contribution < -0.4 is 11.1 Å². The van der Waals surface area contributed by atoms with E-state index in [-0.39, 0.29) is 5.91 Å². The van der Waals surface area contributed by atoms with E-state index in [2.05, 4.69) is 12.2 Å². The number of hydrogen-bond acceptors (Lipinski definition) is 2. The van der Waals surface area contributed by atoms with Gasteiger partial charge in [-0.05, 0) is 18.3 Å². The summed E-state index contributed by atoms with van der Waals surface area (Å²) in [6, 6.07) is 0. The summed E-state index contributed by atoms with van der Waals surface area (Å²) in [5.74, 6) is 1.75. The Morgan fingerprint density at radius 3 is 2.80 bits per heavy atom. The molecule has 1 fully saturated rings. The monoisotopic (exact) mass is 212 g/mol. The Balaban J connectivity index is 2.10. The van der Waals surface area contributed by atoms with Crippen molar-refractivity contribution < 1.29 is 4.79 Å². The van der Waals surface area contributed by atoms with E-state index in [1.54, 1.807) is 0 Å². The van der Waals surface area contributed by atoms with Crippen LogP contribution in [-0.2, 0) is 4.79 Å². The molecule has 0 saturated heterocycles. The number of hydrogen-bond donors (Lipinski definition) is 2. The summed E-state index contributed by atoms with van der Waals surface area (Å²) < 4.78 is 0. The average Bonchev–Trinajstić information content (AvgIpc) is 2.21. The molecular weight excluding hydrogens is 188 g/mol. The van der Waals surface area contributed by atoms with Crippen molar-refractivity contribution in [2.24, 2.45) is 17.6 Å². The molecule has 0 radical (unpaired) electrons. The summed E-state index contributed by atoms with van der Waals surface area (Å²) in [6.07, 6.45) is 7.05. The van der Waals surface area contributed by atoms with Gasteiger partial charge in [0.15, 0.2) is 0 Å². The van der Waals surface area contributed by atoms with Crippen molar-refractivity contribution in [3.8, 4) is 0 Å². The highest BCUT2D eigenvalue weighted by molar-refractivity contribution is 5.75. The van der Waals surface area contributed by atoms with Crippen LogP contribution in [0.3, 0.4) is 0 Å². The van der Waals surface area contributed by atoms with E-state index >= 15 is 0 Å². The molecule has 15 heavy (non-hydrogen) atoms. The number of rotatable bonds is 5. The van der Waals surface area contributed by atoms with E-state index in [1.165, 1.54) is 25.7 Å². The van der Waals surface area contributed by atoms with Gasteiger partial charge in [0, 0.05) is 19.5 Å². The van der Waals surface area contributed by atoms with Crippen molar-refractivity contribution in [3.05, 3.63) is 0 Å². The topological polar surface area (TPSA) is 55.1 Å². The molecular formula is C12H24N2O. The summed E-state index contributed by atoms with van der Waals surface area (Å²) in [5, 5.41) is 2.93. The third-order valence-corrected chi connectivity index (χ3v) is 3.50. The largest absolute Gasteiger partial charge is 0.356 e. The molecule has 3 heteroatoms. The van der Waals surface area contributed by atoms with Crippen LogP contribution in [0.5, 0.6) is 0 Å². The fraction of sp³-hybridized carbons (Fsp3) is 0.917. The van der Waals surface area contributed by atoms with Gasteiger partial charge in [0.25, 0.3) is 0 Å². The molecule has 0 aromatic rings. The zero-order valence-corrected chi connectivity index (χ0v) is 9.80. The van der Waals surface area contributed by atoms with E-state index in [0.717, 1.165) is 24.8 Å². The van der Waals surface area contributed by atoms with Gasteiger partial charge in [-0.2, -0.15) is 0 Å². The summed E-state index contributed by atoms with van der Waals surface area (Å²) in [6.45, 7) is 3.62. The molecule has 0 aromatic carbocycles. The molecule has 3 N–H and O–H groups in total. The SMILES string of the molecule is CC1CCCCC1CCNC(=O)CCN. The lowest BCUT2D eigenvalue weighted by atomic mass is 9.79. The summed E-state index contributed by atoms with van der Waals surface area (Å²) in [5.41, 5.74) is 5.31. The third-order valence-electron chi connectivity index (χ3n) is 3.50. The van der Waals surface area contributed by atoms with Crippen molar-refractivity contribution in [3.63, 3.8) is 0 Å². The molecule has 0 aromatic heterocycles. The Kier molecular flexibility index (Phi) is 5.69. The molecule has 2 unspecified atom stereocenters. The summed E-state index contributed by atoms with van der Waals surface area (Å²) in [4.78, 5) is 11.2. The third kappa shape index (κ3) is 4.65. The summed E-state index contributed by atoms with van der Waals surface area (Å²) >= 11 is 0. The maximum Gasteiger partial charge on any atom is 0.221 e. The van der Waals surface area contributed by atoms with Crippen molar-refractivity contribution in [1.29, 1.82) is 0 Å². The molecule has 1 aliphatic rings. The van der Waals surface area contributed by atoms with Crippen molar-refractivity contribution in [2.45, 2.75) is 45.4 Å². The second-order valence-corrected chi connectivity index (χ2v) is 4.70. The van der Waals surface area contributed by atoms with Gasteiger partial charge in [-0.3, -0.25) is 4.79 Å². The van der Waals surface area contributed by atoms with Gasteiger partial charge in [0.2, 0.25) is 5.91 Å². The van der Waals surface area contributed by atoms with Crippen molar-refractivity contribution in [2.75, 3.05) is 13.1 Å². The van der Waals surface area contributed by atoms with Gasteiger partial charge in [-0.25, -0.2) is 0 Å². The highest BCUT2D eigenvalue weighted by Gasteiger charge is 2.20. The fourth-order valence-corrected chi connectivity index (χ4v) is 2.44. The maximum atomic E-state index is 11.2. The quantitative estimate of drug-likeness (QED) is 0.728. The van der Waals surface area contributed by atoms with E-state index in [0.29, 0.717) is 13.0 Å². The lowest BCUT2D eigenvalue weighted by Gasteiger charge is -2.28. The Bertz CT molecular complexity index is 194. The summed E-state index contributed by atoms with van der Waals surface area (Å²) in [7, 11) is 0. The van der Waals surface area contributed by atoms with Crippen LogP contribution in [0.4, 0.5) is 0 Å². The maximum absolute atomic E-state index is 11.2. The molecule has 1 amide bonds. The second kappa shape index (κ2) is 6.83. The molecule has 3 nitrogen and oxygen atoms in total. The van der Waals surface area contributed by atoms with Crippen LogP contribution in [0.25, 0.3) is 0 Å². The van der Waals surface area contributed by atoms with E-state index in [4.69, 9.17) is 5.73 Å². The molecule has 0 bridgehead atoms. The van der Waals surface area contributed by atoms with Crippen molar-refractivity contribution >= 4 is 5.91 Å². The average molecular weight is 212 g/mol. The zero-order valence-electron chi connectivity index (χ0n) is 9.80. The molecule has 2 atom stereocenters. The predicted octanol–water partition coefficient (Wildman–Crippen LogP) is 1.67. The fourth-order valence-electron chi connectivity index (χ4n) is 2.44. The number of nitrogens with one attached hydrogen (secondary N) is 1. The van der Waals surface area contributed by atoms with Crippen LogP contribution >= 0.6 is 0 Å². The van der Waals surface area contributed by atoms with Gasteiger partial charge >= 0.3 is 0 Å². The Morgan fingerprint density at radius 2 is 2.13 bits per heavy atom. The normalized spacial score (nSPS) is 26.3. The molecule has 0 aliphatic heterocycles. The number of amides is 1. The molecule has 0 heterocycles. The highest BCUT2D eigenvalue weighted by Crippen LogP contribution is 2.31. The first-order valence-corrected chi connectivity index (χ1v) is 6.20. The first kappa shape index (κ1) is 12.5. The molecule has 1 rings (SSSR count). The highest BCUT2D eigenvalue weighted by atomic mass is 16.1. The van der Waals surface area contributed by atoms with Crippen molar-refractivity contribution in [1.82, 2.24) is 5.32 Å². The zero-order chi connectivity index (χ0) is 11.1. The number of nitrogens with two attached hydrogens (primary N) is 1. The lowest BCUT2D eigenvalue weighted by Crippen LogP contribution is -2.29. The van der Waals surface area contributed by atoms with Crippen LogP contribution in [0.2, 0.25) is 0 Å². The number of carbonyl (C=O) groups is 1. The minimum Gasteiger partial charge on any atom is -0.356 e. The van der Waals surface area contributed by atoms with Gasteiger partial charge in [-0.15, -0.1) is 0 Å². The minimum atomic E-state index is 0.0981. The van der Waals surface area contributed by atoms with E-state index < -0.39 is 0 Å². The van der Waals surface area contributed by atoms with Gasteiger partial charge in [0.1, 0.15) is 0 Å². The van der Waals surface area contributed by atoms with Crippen LogP contribution in [0, 0.1) is 11.8 Å². The molecule has 88 valence electrons. The first-order valence-electron chi connectivity index (χ1n) is 6.20. The standard InChI is InChI=1S/C12H24N2O/c1-10-4-2-3-5-11(10)7-9-14-12(15)6-8-13/h10-11H,2-9,13H2,1H3,(H,14,15). The Labute approximate surface area is 92.8 Å². The van der Waals surface area contributed by atoms with Gasteiger partial charge in [0.05, 0.1) is 0 Å². The number of carbonyl (C=O) groups excluding carboxylic acids is 1. The van der Waals surface area contributed by atoms with E-state index in [9.17, 15) is 4.79 Å². The van der Waals surface area contributed by atoms with Gasteiger partial charge in [-0.1, -0.05) is 32.6 Å². The Morgan fingerprint density at radius 1 is 1.40 bits per heavy atom. The molecule has 1 saturated carbocycles.